The van der Waals surface area contributed by atoms with Crippen LogP contribution < -0.4 is 10.4 Å². The lowest BCUT2D eigenvalue weighted by Gasteiger charge is -2.45. The van der Waals surface area contributed by atoms with Crippen molar-refractivity contribution >= 4 is 60.8 Å². The van der Waals surface area contributed by atoms with E-state index in [4.69, 9.17) is 16.5 Å². The zero-order valence-electron chi connectivity index (χ0n) is 38.7. The molecule has 12 unspecified atom stereocenters. The number of allylic oxidation sites excluding steroid dienone is 4. The molecule has 0 radical (unpaired) electrons. The number of rotatable bonds is 20. The minimum atomic E-state index is -2.64. The highest BCUT2D eigenvalue weighted by Gasteiger charge is 2.56. The Morgan fingerprint density at radius 1 is 0.424 bits per heavy atom. The Kier molecular flexibility index (Phi) is 13.0. The highest BCUT2D eigenvalue weighted by Crippen LogP contribution is 2.60. The normalized spacial score (nSPS) is 33.3. The summed E-state index contributed by atoms with van der Waals surface area (Å²) in [6.45, 7) is 24.8. The minimum Gasteiger partial charge on any atom is -0.433 e. The molecular weight excluding hydrogens is 821 g/mol. The molecule has 8 rings (SSSR count). The molecule has 4 nitrogen and oxygen atoms in total. The summed E-state index contributed by atoms with van der Waals surface area (Å²) in [4.78, 5) is 0. The molecule has 6 aliphatic rings. The quantitative estimate of drug-likeness (QED) is 0.0980. The van der Waals surface area contributed by atoms with Gasteiger partial charge in [0.15, 0.2) is 33.3 Å². The standard InChI is InChI=1S/C49H80O4Si6/c1-54(2,28-25-42-33-38-21-23-40(42)31-38)50-58(9,47-17-13-11-14-18-47)51-55(3,4)30-27-44-35-46-36-45(44)37-49(46)57(7,8)53-59(10,48-19-15-12-16-20-48)52-56(5,6)29-26-43-34-39-22-24-41(43)32-39/h11-24,38-46,49H,25-37H2,1-10H3. The summed E-state index contributed by atoms with van der Waals surface area (Å²) in [5, 5.41) is 2.65. The minimum absolute atomic E-state index is 0.722. The van der Waals surface area contributed by atoms with Crippen LogP contribution in [0.5, 0.6) is 0 Å². The Hall–Kier alpha value is -0.939. The van der Waals surface area contributed by atoms with Gasteiger partial charge in [-0.3, -0.25) is 0 Å². The Bertz CT molecular complexity index is 1800. The summed E-state index contributed by atoms with van der Waals surface area (Å²) in [5.41, 5.74) is 0.722. The average molecular weight is 902 g/mol. The van der Waals surface area contributed by atoms with Gasteiger partial charge in [0, 0.05) is 0 Å². The number of fused-ring (bicyclic) bond motifs is 6. The van der Waals surface area contributed by atoms with Crippen molar-refractivity contribution in [3.8, 4) is 0 Å². The molecule has 0 spiro atoms. The van der Waals surface area contributed by atoms with Gasteiger partial charge in [0.05, 0.1) is 0 Å². The monoisotopic (exact) mass is 900 g/mol. The van der Waals surface area contributed by atoms with Crippen LogP contribution in [-0.2, 0) is 16.5 Å². The van der Waals surface area contributed by atoms with Crippen molar-refractivity contribution < 1.29 is 16.5 Å². The van der Waals surface area contributed by atoms with Crippen molar-refractivity contribution in [2.24, 2.45) is 53.3 Å². The van der Waals surface area contributed by atoms with Gasteiger partial charge in [-0.1, -0.05) is 104 Å². The summed E-state index contributed by atoms with van der Waals surface area (Å²) in [6, 6.07) is 26.0. The Labute approximate surface area is 366 Å². The Balaban J connectivity index is 0.876. The van der Waals surface area contributed by atoms with Gasteiger partial charge in [-0.05, 0) is 198 Å². The molecule has 324 valence electrons. The molecular formula is C49H80O4Si6. The van der Waals surface area contributed by atoms with Crippen molar-refractivity contribution in [1.29, 1.82) is 0 Å². The third kappa shape index (κ3) is 10.4. The highest BCUT2D eigenvalue weighted by atomic mass is 28.5. The fraction of sp³-hybridized carbons (Fsp3) is 0.673. The van der Waals surface area contributed by atoms with E-state index in [1.807, 2.05) is 0 Å². The first-order valence-corrected chi connectivity index (χ1v) is 41.0. The van der Waals surface area contributed by atoms with E-state index < -0.39 is 50.4 Å². The second-order valence-corrected chi connectivity index (χ2v) is 47.4. The second-order valence-electron chi connectivity index (χ2n) is 23.2. The van der Waals surface area contributed by atoms with Crippen LogP contribution in [0.1, 0.15) is 64.2 Å². The zero-order chi connectivity index (χ0) is 41.8. The molecule has 0 aliphatic heterocycles. The topological polar surface area (TPSA) is 36.9 Å². The first-order valence-electron chi connectivity index (χ1n) is 24.1. The molecule has 6 bridgehead atoms. The molecule has 2 aromatic rings. The fourth-order valence-corrected chi connectivity index (χ4v) is 42.3. The molecule has 12 atom stereocenters. The first kappa shape index (κ1) is 44.7. The van der Waals surface area contributed by atoms with Gasteiger partial charge in [0.25, 0.3) is 0 Å². The van der Waals surface area contributed by atoms with Crippen LogP contribution in [0.4, 0.5) is 0 Å². The van der Waals surface area contributed by atoms with Crippen LogP contribution in [0.15, 0.2) is 85.0 Å². The van der Waals surface area contributed by atoms with Crippen LogP contribution in [-0.4, -0.2) is 50.4 Å². The third-order valence-electron chi connectivity index (χ3n) is 16.5. The van der Waals surface area contributed by atoms with E-state index in [1.165, 1.54) is 92.7 Å². The first-order chi connectivity index (χ1) is 27.8. The maximum atomic E-state index is 7.71. The zero-order valence-corrected chi connectivity index (χ0v) is 44.7. The highest BCUT2D eigenvalue weighted by molar-refractivity contribution is 6.95. The second kappa shape index (κ2) is 17.2. The molecule has 6 aliphatic carbocycles. The third-order valence-corrected chi connectivity index (χ3v) is 41.3. The maximum absolute atomic E-state index is 7.71. The van der Waals surface area contributed by atoms with E-state index in [1.54, 1.807) is 0 Å². The lowest BCUT2D eigenvalue weighted by Crippen LogP contribution is -2.62. The summed E-state index contributed by atoms with van der Waals surface area (Å²) < 4.78 is 30.2. The van der Waals surface area contributed by atoms with Gasteiger partial charge in [-0.25, -0.2) is 0 Å². The summed E-state index contributed by atoms with van der Waals surface area (Å²) in [7, 11) is -13.2. The van der Waals surface area contributed by atoms with Crippen molar-refractivity contribution in [2.45, 2.75) is 153 Å². The Morgan fingerprint density at radius 2 is 0.847 bits per heavy atom. The lowest BCUT2D eigenvalue weighted by molar-refractivity contribution is 0.299. The van der Waals surface area contributed by atoms with Crippen LogP contribution >= 0.6 is 0 Å². The predicted octanol–water partition coefficient (Wildman–Crippen LogP) is 12.8. The SMILES string of the molecule is C[Si](C)(CCC1CC2C=CC1C2)O[Si](C)(O[Si](C)(C)CCC1CC2CC1CC2[Si](C)(C)O[Si](C)(O[Si](C)(C)CCC1CC2C=CC1C2)c1ccccc1)c1ccccc1. The van der Waals surface area contributed by atoms with E-state index in [0.29, 0.717) is 0 Å². The van der Waals surface area contributed by atoms with E-state index in [9.17, 15) is 0 Å². The smallest absolute Gasteiger partial charge is 0.348 e. The van der Waals surface area contributed by atoms with Gasteiger partial charge >= 0.3 is 17.1 Å². The van der Waals surface area contributed by atoms with E-state index in [2.05, 4.69) is 150 Å². The van der Waals surface area contributed by atoms with Crippen molar-refractivity contribution in [3.05, 3.63) is 85.0 Å². The molecule has 0 saturated heterocycles. The van der Waals surface area contributed by atoms with Gasteiger partial charge in [0.2, 0.25) is 0 Å². The molecule has 0 heterocycles. The van der Waals surface area contributed by atoms with Gasteiger partial charge in [0.1, 0.15) is 0 Å². The predicted molar refractivity (Wildman–Crippen MR) is 264 cm³/mol. The average Bonchev–Trinajstić information content (AvgIpc) is 4.05. The summed E-state index contributed by atoms with van der Waals surface area (Å²) >= 11 is 0. The molecule has 59 heavy (non-hydrogen) atoms. The molecule has 0 amide bonds. The van der Waals surface area contributed by atoms with Crippen LogP contribution in [0.2, 0.25) is 89.1 Å². The number of hydrogen-bond donors (Lipinski definition) is 0. The molecule has 10 heteroatoms. The van der Waals surface area contributed by atoms with Crippen molar-refractivity contribution in [1.82, 2.24) is 0 Å². The number of benzene rings is 2. The van der Waals surface area contributed by atoms with Crippen molar-refractivity contribution in [2.75, 3.05) is 0 Å². The molecule has 4 fully saturated rings. The van der Waals surface area contributed by atoms with E-state index >= 15 is 0 Å². The molecule has 0 aromatic heterocycles. The Morgan fingerprint density at radius 3 is 1.22 bits per heavy atom. The molecule has 4 saturated carbocycles. The summed E-state index contributed by atoms with van der Waals surface area (Å²) in [5.74, 6) is 7.51. The lowest BCUT2D eigenvalue weighted by atomic mass is 9.86. The van der Waals surface area contributed by atoms with Gasteiger partial charge in [-0.2, -0.15) is 0 Å². The molecule has 0 N–H and O–H groups in total. The maximum Gasteiger partial charge on any atom is 0.348 e. The fourth-order valence-electron chi connectivity index (χ4n) is 13.7. The number of hydrogen-bond acceptors (Lipinski definition) is 4. The largest absolute Gasteiger partial charge is 0.433 e. The van der Waals surface area contributed by atoms with E-state index in [-0.39, 0.29) is 0 Å². The van der Waals surface area contributed by atoms with Crippen molar-refractivity contribution in [3.63, 3.8) is 0 Å². The van der Waals surface area contributed by atoms with Gasteiger partial charge in [-0.15, -0.1) is 0 Å². The molecule has 2 aromatic carbocycles. The van der Waals surface area contributed by atoms with Crippen LogP contribution in [0, 0.1) is 53.3 Å². The van der Waals surface area contributed by atoms with E-state index in [0.717, 1.165) is 58.8 Å². The van der Waals surface area contributed by atoms with Crippen LogP contribution in [0.3, 0.4) is 0 Å². The van der Waals surface area contributed by atoms with Gasteiger partial charge < -0.3 is 16.5 Å². The van der Waals surface area contributed by atoms with Crippen LogP contribution in [0.25, 0.3) is 0 Å². The summed E-state index contributed by atoms with van der Waals surface area (Å²) in [6.07, 6.45) is 23.7.